The number of terminal acetylenes is 1. The van der Waals surface area contributed by atoms with Crippen LogP contribution in [0.25, 0.3) is 0 Å². The molecule has 1 heterocycles. The van der Waals surface area contributed by atoms with Crippen LogP contribution in [-0.2, 0) is 12.8 Å². The van der Waals surface area contributed by atoms with Crippen molar-refractivity contribution in [2.24, 2.45) is 4.99 Å². The molecule has 0 aliphatic carbocycles. The molecule has 2 rings (SSSR count). The van der Waals surface area contributed by atoms with Gasteiger partial charge in [0.25, 0.3) is 0 Å². The Morgan fingerprint density at radius 3 is 2.54 bits per heavy atom. The summed E-state index contributed by atoms with van der Waals surface area (Å²) in [6, 6.07) is 11.8. The Morgan fingerprint density at radius 2 is 1.92 bits per heavy atom. The second-order valence-corrected chi connectivity index (χ2v) is 5.14. The first-order chi connectivity index (χ1) is 11.8. The Labute approximate surface area is 143 Å². The maximum absolute atomic E-state index is 5.36. The number of nitrogens with one attached hydrogen (secondary N) is 2. The van der Waals surface area contributed by atoms with Crippen molar-refractivity contribution in [2.75, 3.05) is 26.7 Å². The lowest BCUT2D eigenvalue weighted by atomic mass is 10.1. The Hall–Kier alpha value is -2.87. The molecular formula is C19H23N3O2. The van der Waals surface area contributed by atoms with Crippen molar-refractivity contribution in [1.82, 2.24) is 10.6 Å². The van der Waals surface area contributed by atoms with Gasteiger partial charge in [-0.05, 0) is 36.2 Å². The normalized spacial score (nSPS) is 10.9. The lowest BCUT2D eigenvalue weighted by Gasteiger charge is -2.11. The highest BCUT2D eigenvalue weighted by Crippen LogP contribution is 2.12. The van der Waals surface area contributed by atoms with Crippen molar-refractivity contribution in [1.29, 1.82) is 0 Å². The van der Waals surface area contributed by atoms with Crippen LogP contribution >= 0.6 is 0 Å². The molecule has 5 nitrogen and oxygen atoms in total. The number of ether oxygens (including phenoxy) is 1. The highest BCUT2D eigenvalue weighted by atomic mass is 16.5. The molecular weight excluding hydrogens is 302 g/mol. The van der Waals surface area contributed by atoms with Gasteiger partial charge in [0, 0.05) is 26.6 Å². The summed E-state index contributed by atoms with van der Waals surface area (Å²) in [6.07, 6.45) is 8.58. The summed E-state index contributed by atoms with van der Waals surface area (Å²) >= 11 is 0. The van der Waals surface area contributed by atoms with E-state index < -0.39 is 0 Å². The number of aliphatic imine (C=N–C) groups is 1. The summed E-state index contributed by atoms with van der Waals surface area (Å²) in [5.74, 6) is 4.99. The van der Waals surface area contributed by atoms with E-state index in [0.29, 0.717) is 6.61 Å². The average molecular weight is 325 g/mol. The van der Waals surface area contributed by atoms with Gasteiger partial charge in [-0.25, -0.2) is 0 Å². The summed E-state index contributed by atoms with van der Waals surface area (Å²) < 4.78 is 10.7. The molecule has 0 atom stereocenters. The van der Waals surface area contributed by atoms with Crippen molar-refractivity contribution in [3.63, 3.8) is 0 Å². The van der Waals surface area contributed by atoms with E-state index in [4.69, 9.17) is 15.6 Å². The van der Waals surface area contributed by atoms with Crippen LogP contribution in [0.1, 0.15) is 11.3 Å². The highest BCUT2D eigenvalue weighted by molar-refractivity contribution is 5.79. The predicted molar refractivity (Wildman–Crippen MR) is 96.3 cm³/mol. The zero-order valence-electron chi connectivity index (χ0n) is 13.9. The first-order valence-electron chi connectivity index (χ1n) is 7.94. The van der Waals surface area contributed by atoms with Crippen molar-refractivity contribution >= 4 is 5.96 Å². The summed E-state index contributed by atoms with van der Waals surface area (Å²) in [5.41, 5.74) is 1.22. The number of furan rings is 1. The second kappa shape index (κ2) is 10.0. The average Bonchev–Trinajstić information content (AvgIpc) is 3.13. The van der Waals surface area contributed by atoms with Crippen LogP contribution in [0.15, 0.2) is 52.1 Å². The molecule has 24 heavy (non-hydrogen) atoms. The summed E-state index contributed by atoms with van der Waals surface area (Å²) in [4.78, 5) is 4.21. The molecule has 2 N–H and O–H groups in total. The molecule has 0 bridgehead atoms. The van der Waals surface area contributed by atoms with Crippen LogP contribution in [0.2, 0.25) is 0 Å². The van der Waals surface area contributed by atoms with Gasteiger partial charge >= 0.3 is 0 Å². The number of rotatable bonds is 8. The van der Waals surface area contributed by atoms with Crippen LogP contribution < -0.4 is 15.4 Å². The molecule has 1 aromatic carbocycles. The van der Waals surface area contributed by atoms with Crippen LogP contribution in [0, 0.1) is 12.3 Å². The molecule has 126 valence electrons. The van der Waals surface area contributed by atoms with E-state index in [2.05, 4.69) is 21.5 Å². The van der Waals surface area contributed by atoms with Crippen LogP contribution in [0.5, 0.6) is 5.75 Å². The molecule has 0 unspecified atom stereocenters. The monoisotopic (exact) mass is 325 g/mol. The van der Waals surface area contributed by atoms with Crippen molar-refractivity contribution in [2.45, 2.75) is 12.8 Å². The molecule has 0 radical (unpaired) electrons. The van der Waals surface area contributed by atoms with E-state index in [1.54, 1.807) is 13.3 Å². The zero-order chi connectivity index (χ0) is 17.0. The summed E-state index contributed by atoms with van der Waals surface area (Å²) in [7, 11) is 1.76. The first-order valence-corrected chi connectivity index (χ1v) is 7.94. The lowest BCUT2D eigenvalue weighted by Crippen LogP contribution is -2.39. The highest BCUT2D eigenvalue weighted by Gasteiger charge is 2.00. The van der Waals surface area contributed by atoms with Crippen LogP contribution in [0.3, 0.4) is 0 Å². The molecule has 0 amide bonds. The third kappa shape index (κ3) is 6.09. The molecule has 1 aromatic heterocycles. The molecule has 0 aliphatic rings. The fourth-order valence-electron chi connectivity index (χ4n) is 2.18. The van der Waals surface area contributed by atoms with Gasteiger partial charge in [-0.15, -0.1) is 6.42 Å². The molecule has 0 spiro atoms. The second-order valence-electron chi connectivity index (χ2n) is 5.14. The minimum absolute atomic E-state index is 0.293. The standard InChI is InChI=1S/C19H23N3O2/c1-3-14-23-18-8-6-16(7-9-18)10-12-21-19(20-2)22-13-11-17-5-4-15-24-17/h1,4-9,15H,10-14H2,2H3,(H2,20,21,22). The number of benzene rings is 1. The third-order valence-corrected chi connectivity index (χ3v) is 3.42. The Kier molecular flexibility index (Phi) is 7.29. The van der Waals surface area contributed by atoms with Gasteiger partial charge in [0.2, 0.25) is 0 Å². The lowest BCUT2D eigenvalue weighted by molar-refractivity contribution is 0.370. The molecule has 5 heteroatoms. The van der Waals surface area contributed by atoms with Gasteiger partial charge in [-0.3, -0.25) is 4.99 Å². The maximum atomic E-state index is 5.36. The minimum Gasteiger partial charge on any atom is -0.481 e. The first kappa shape index (κ1) is 17.5. The molecule has 0 saturated carbocycles. The van der Waals surface area contributed by atoms with Gasteiger partial charge in [0.05, 0.1) is 6.26 Å². The van der Waals surface area contributed by atoms with Crippen LogP contribution in [-0.4, -0.2) is 32.7 Å². The van der Waals surface area contributed by atoms with Gasteiger partial charge in [-0.1, -0.05) is 18.1 Å². The Balaban J connectivity index is 1.66. The van der Waals surface area contributed by atoms with Gasteiger partial charge < -0.3 is 19.8 Å². The van der Waals surface area contributed by atoms with E-state index in [-0.39, 0.29) is 0 Å². The number of guanidine groups is 1. The minimum atomic E-state index is 0.293. The van der Waals surface area contributed by atoms with Crippen molar-refractivity contribution in [3.8, 4) is 18.1 Å². The fourth-order valence-corrected chi connectivity index (χ4v) is 2.18. The number of hydrogen-bond donors (Lipinski definition) is 2. The van der Waals surface area contributed by atoms with E-state index in [1.807, 2.05) is 36.4 Å². The number of nitrogens with zero attached hydrogens (tertiary/aromatic N) is 1. The predicted octanol–water partition coefficient (Wildman–Crippen LogP) is 2.24. The van der Waals surface area contributed by atoms with E-state index in [9.17, 15) is 0 Å². The summed E-state index contributed by atoms with van der Waals surface area (Å²) in [6.45, 7) is 1.86. The van der Waals surface area contributed by atoms with E-state index in [1.165, 1.54) is 5.56 Å². The molecule has 2 aromatic rings. The maximum Gasteiger partial charge on any atom is 0.191 e. The smallest absolute Gasteiger partial charge is 0.191 e. The van der Waals surface area contributed by atoms with E-state index in [0.717, 1.165) is 43.4 Å². The topological polar surface area (TPSA) is 58.8 Å². The largest absolute Gasteiger partial charge is 0.481 e. The van der Waals surface area contributed by atoms with E-state index >= 15 is 0 Å². The zero-order valence-corrected chi connectivity index (χ0v) is 13.9. The number of hydrogen-bond acceptors (Lipinski definition) is 3. The van der Waals surface area contributed by atoms with Crippen LogP contribution in [0.4, 0.5) is 0 Å². The Morgan fingerprint density at radius 1 is 1.17 bits per heavy atom. The Bertz CT molecular complexity index is 655. The molecule has 0 aliphatic heterocycles. The van der Waals surface area contributed by atoms with Gasteiger partial charge in [0.15, 0.2) is 5.96 Å². The quantitative estimate of drug-likeness (QED) is 0.444. The molecule has 0 saturated heterocycles. The van der Waals surface area contributed by atoms with Crippen molar-refractivity contribution < 1.29 is 9.15 Å². The SMILES string of the molecule is C#CCOc1ccc(CCNC(=NC)NCCc2ccco2)cc1. The van der Waals surface area contributed by atoms with Gasteiger partial charge in [0.1, 0.15) is 18.1 Å². The fraction of sp³-hybridized carbons (Fsp3) is 0.316. The third-order valence-electron chi connectivity index (χ3n) is 3.42. The van der Waals surface area contributed by atoms with Gasteiger partial charge in [-0.2, -0.15) is 0 Å². The molecule has 0 fully saturated rings. The van der Waals surface area contributed by atoms with Crippen molar-refractivity contribution in [3.05, 3.63) is 54.0 Å². The summed E-state index contributed by atoms with van der Waals surface area (Å²) in [5, 5.41) is 6.56.